The van der Waals surface area contributed by atoms with Crippen LogP contribution in [0.5, 0.6) is 6.01 Å². The monoisotopic (exact) mass is 475 g/mol. The number of pyridine rings is 1. The van der Waals surface area contributed by atoms with E-state index in [1.54, 1.807) is 6.07 Å². The molecule has 0 spiro atoms. The van der Waals surface area contributed by atoms with Gasteiger partial charge in [0.1, 0.15) is 17.8 Å². The number of aromatic amines is 1. The van der Waals surface area contributed by atoms with E-state index in [-0.39, 0.29) is 13.2 Å². The molecule has 4 aromatic rings. The number of hydrogen-bond acceptors (Lipinski definition) is 6. The lowest BCUT2D eigenvalue weighted by Gasteiger charge is -2.21. The third-order valence-corrected chi connectivity index (χ3v) is 6.68. The van der Waals surface area contributed by atoms with Gasteiger partial charge in [-0.2, -0.15) is 4.98 Å². The van der Waals surface area contributed by atoms with E-state index in [4.69, 9.17) is 25.8 Å². The van der Waals surface area contributed by atoms with Gasteiger partial charge in [0, 0.05) is 5.56 Å². The Morgan fingerprint density at radius 3 is 2.56 bits per heavy atom. The molecule has 0 amide bonds. The number of H-pyrrole nitrogens is 1. The maximum atomic E-state index is 10.5. The number of halogens is 1. The zero-order valence-electron chi connectivity index (χ0n) is 18.1. The minimum absolute atomic E-state index is 0.120. The first-order valence-corrected chi connectivity index (χ1v) is 11.4. The summed E-state index contributed by atoms with van der Waals surface area (Å²) in [5, 5.41) is 11.1. The molecule has 0 aliphatic carbocycles. The molecule has 4 atom stereocenters. The first kappa shape index (κ1) is 21.3. The lowest BCUT2D eigenvalue weighted by Crippen LogP contribution is -2.42. The molecule has 2 fully saturated rings. The molecule has 0 bridgehead atoms. The summed E-state index contributed by atoms with van der Waals surface area (Å²) in [7, 11) is 0. The predicted molar refractivity (Wildman–Crippen MR) is 129 cm³/mol. The summed E-state index contributed by atoms with van der Waals surface area (Å²) in [6.07, 6.45) is 0.116. The van der Waals surface area contributed by atoms with Crippen molar-refractivity contribution in [3.8, 4) is 28.4 Å². The zero-order valence-corrected chi connectivity index (χ0v) is 18.9. The van der Waals surface area contributed by atoms with Crippen molar-refractivity contribution in [2.45, 2.75) is 23.9 Å². The van der Waals surface area contributed by atoms with Crippen molar-refractivity contribution in [3.05, 3.63) is 78.3 Å². The fourth-order valence-electron chi connectivity index (χ4n) is 4.54. The van der Waals surface area contributed by atoms with E-state index in [1.165, 1.54) is 6.08 Å². The van der Waals surface area contributed by atoms with Gasteiger partial charge in [-0.05, 0) is 17.2 Å². The van der Waals surface area contributed by atoms with Gasteiger partial charge in [-0.3, -0.25) is 0 Å². The van der Waals surface area contributed by atoms with E-state index in [2.05, 4.69) is 45.8 Å². The third kappa shape index (κ3) is 3.58. The first-order chi connectivity index (χ1) is 16.5. The van der Waals surface area contributed by atoms with Crippen LogP contribution in [-0.2, 0) is 9.47 Å². The molecule has 0 radical (unpaired) electrons. The van der Waals surface area contributed by atoms with Crippen LogP contribution in [0.1, 0.15) is 0 Å². The number of imidazole rings is 1. The van der Waals surface area contributed by atoms with Gasteiger partial charge in [0.25, 0.3) is 6.01 Å². The lowest BCUT2D eigenvalue weighted by molar-refractivity contribution is -0.0368. The topological polar surface area (TPSA) is 89.5 Å². The third-order valence-electron chi connectivity index (χ3n) is 6.39. The summed E-state index contributed by atoms with van der Waals surface area (Å²) in [6.45, 7) is 4.08. The van der Waals surface area contributed by atoms with Crippen molar-refractivity contribution in [2.24, 2.45) is 0 Å². The first-order valence-electron chi connectivity index (χ1n) is 11.0. The van der Waals surface area contributed by atoms with Gasteiger partial charge < -0.3 is 24.3 Å². The van der Waals surface area contributed by atoms with E-state index >= 15 is 0 Å². The number of aromatic nitrogens is 3. The Kier molecular flexibility index (Phi) is 5.15. The number of nitrogens with zero attached hydrogens (tertiary/aromatic N) is 2. The zero-order chi connectivity index (χ0) is 23.3. The van der Waals surface area contributed by atoms with Crippen LogP contribution in [-0.4, -0.2) is 57.2 Å². The van der Waals surface area contributed by atoms with Gasteiger partial charge >= 0.3 is 0 Å². The summed E-state index contributed by atoms with van der Waals surface area (Å²) >= 11 is 6.57. The van der Waals surface area contributed by atoms with Gasteiger partial charge in [0.2, 0.25) is 0 Å². The van der Waals surface area contributed by atoms with Crippen LogP contribution in [0.25, 0.3) is 33.5 Å². The van der Waals surface area contributed by atoms with Crippen molar-refractivity contribution in [3.63, 3.8) is 0 Å². The average molecular weight is 476 g/mol. The molecule has 0 saturated carbocycles. The van der Waals surface area contributed by atoms with Crippen LogP contribution >= 0.6 is 11.6 Å². The molecule has 4 heterocycles. The number of hydrogen-bond donors (Lipinski definition) is 2. The maximum absolute atomic E-state index is 10.5. The Hall–Kier alpha value is -3.23. The molecular weight excluding hydrogens is 454 g/mol. The molecule has 2 aliphatic heterocycles. The van der Waals surface area contributed by atoms with Crippen LogP contribution in [0.2, 0.25) is 5.02 Å². The van der Waals surface area contributed by atoms with Gasteiger partial charge in [0.05, 0.1) is 29.4 Å². The summed E-state index contributed by atoms with van der Waals surface area (Å²) in [5.41, 5.74) is 3.75. The number of nitrogens with one attached hydrogen (secondary N) is 1. The molecular formula is C26H22ClN3O4. The lowest BCUT2D eigenvalue weighted by atomic mass is 9.96. The van der Waals surface area contributed by atoms with Crippen LogP contribution in [0.4, 0.5) is 0 Å². The molecule has 4 unspecified atom stereocenters. The van der Waals surface area contributed by atoms with E-state index in [9.17, 15) is 5.11 Å². The molecule has 34 heavy (non-hydrogen) atoms. The number of aliphatic hydroxyl groups is 1. The molecule has 172 valence electrons. The predicted octanol–water partition coefficient (Wildman–Crippen LogP) is 4.41. The Morgan fingerprint density at radius 2 is 1.79 bits per heavy atom. The molecule has 2 N–H and O–H groups in total. The summed E-state index contributed by atoms with van der Waals surface area (Å²) in [4.78, 5) is 12.3. The molecule has 7 nitrogen and oxygen atoms in total. The number of ether oxygens (including phenoxy) is 3. The highest BCUT2D eigenvalue weighted by Crippen LogP contribution is 2.37. The van der Waals surface area contributed by atoms with E-state index in [0.717, 1.165) is 16.7 Å². The van der Waals surface area contributed by atoms with Crippen LogP contribution in [0, 0.1) is 0 Å². The summed E-state index contributed by atoms with van der Waals surface area (Å²) < 4.78 is 17.5. The second-order valence-electron chi connectivity index (χ2n) is 8.56. The molecule has 2 saturated heterocycles. The average Bonchev–Trinajstić information content (AvgIpc) is 3.55. The standard InChI is InChI=1S/C26H22ClN3O4/c1-2-26(31)14-33-22-20(13-32-23(22)26)34-25-28-19-12-18(27)21(29-24(19)30-25)17-10-8-16(9-11-17)15-6-4-3-5-7-15/h2-12,20,22-23,31H,1,13-14H2,(H,28,29,30). The minimum Gasteiger partial charge on any atom is -0.456 e. The Balaban J connectivity index is 1.25. The van der Waals surface area contributed by atoms with Crippen LogP contribution in [0.15, 0.2) is 73.3 Å². The van der Waals surface area contributed by atoms with Crippen LogP contribution < -0.4 is 4.74 Å². The van der Waals surface area contributed by atoms with Crippen LogP contribution in [0.3, 0.4) is 0 Å². The maximum Gasteiger partial charge on any atom is 0.296 e. The second kappa shape index (κ2) is 8.21. The van der Waals surface area contributed by atoms with Crippen molar-refractivity contribution < 1.29 is 19.3 Å². The van der Waals surface area contributed by atoms with Crippen molar-refractivity contribution in [1.82, 2.24) is 15.0 Å². The quantitative estimate of drug-likeness (QED) is 0.416. The Labute approximate surface area is 201 Å². The van der Waals surface area contributed by atoms with Crippen molar-refractivity contribution >= 4 is 22.8 Å². The smallest absolute Gasteiger partial charge is 0.296 e. The molecule has 8 heteroatoms. The second-order valence-corrected chi connectivity index (χ2v) is 8.96. The van der Waals surface area contributed by atoms with Gasteiger partial charge in [-0.25, -0.2) is 4.98 Å². The largest absolute Gasteiger partial charge is 0.456 e. The number of fused-ring (bicyclic) bond motifs is 2. The fraction of sp³-hybridized carbons (Fsp3) is 0.231. The SMILES string of the molecule is C=CC1(O)COC2C(Oc3nc4nc(-c5ccc(-c6ccccc6)cc5)c(Cl)cc4[nH]3)COC21. The Bertz CT molecular complexity index is 1360. The van der Waals surface area contributed by atoms with Gasteiger partial charge in [0.15, 0.2) is 11.8 Å². The number of rotatable bonds is 5. The van der Waals surface area contributed by atoms with Gasteiger partial charge in [-0.1, -0.05) is 72.3 Å². The van der Waals surface area contributed by atoms with Crippen molar-refractivity contribution in [1.29, 1.82) is 0 Å². The van der Waals surface area contributed by atoms with E-state index < -0.39 is 23.9 Å². The minimum atomic E-state index is -1.21. The van der Waals surface area contributed by atoms with Crippen molar-refractivity contribution in [2.75, 3.05) is 13.2 Å². The normalized spacial score (nSPS) is 26.0. The van der Waals surface area contributed by atoms with E-state index in [1.807, 2.05) is 30.3 Å². The fourth-order valence-corrected chi connectivity index (χ4v) is 4.80. The highest BCUT2D eigenvalue weighted by Gasteiger charge is 2.55. The molecule has 2 aliphatic rings. The Morgan fingerprint density at radius 1 is 1.06 bits per heavy atom. The van der Waals surface area contributed by atoms with E-state index in [0.29, 0.717) is 27.9 Å². The molecule has 2 aromatic carbocycles. The number of benzene rings is 2. The summed E-state index contributed by atoms with van der Waals surface area (Å²) in [6, 6.07) is 20.4. The van der Waals surface area contributed by atoms with Gasteiger partial charge in [-0.15, -0.1) is 6.58 Å². The highest BCUT2D eigenvalue weighted by molar-refractivity contribution is 6.33. The summed E-state index contributed by atoms with van der Waals surface area (Å²) in [5.74, 6) is 0. The molecule has 2 aromatic heterocycles. The highest BCUT2D eigenvalue weighted by atomic mass is 35.5. The molecule has 6 rings (SSSR count).